The smallest absolute Gasteiger partial charge is 0.241 e. The van der Waals surface area contributed by atoms with Gasteiger partial charge in [0.25, 0.3) is 0 Å². The van der Waals surface area contributed by atoms with E-state index in [-0.39, 0.29) is 11.9 Å². The number of amides is 1. The molecular formula is C16H14BrClN2O. The highest BCUT2D eigenvalue weighted by atomic mass is 79.9. The molecule has 0 fully saturated rings. The van der Waals surface area contributed by atoms with Crippen molar-refractivity contribution >= 4 is 39.1 Å². The first-order valence-corrected chi connectivity index (χ1v) is 7.87. The van der Waals surface area contributed by atoms with Gasteiger partial charge >= 0.3 is 0 Å². The van der Waals surface area contributed by atoms with E-state index in [1.807, 2.05) is 24.3 Å². The molecule has 2 N–H and O–H groups in total. The van der Waals surface area contributed by atoms with Gasteiger partial charge in [-0.05, 0) is 45.6 Å². The molecule has 1 aliphatic heterocycles. The van der Waals surface area contributed by atoms with E-state index in [9.17, 15) is 4.79 Å². The van der Waals surface area contributed by atoms with Gasteiger partial charge in [-0.2, -0.15) is 0 Å². The van der Waals surface area contributed by atoms with Crippen molar-refractivity contribution in [2.45, 2.75) is 19.0 Å². The van der Waals surface area contributed by atoms with Gasteiger partial charge < -0.3 is 10.6 Å². The van der Waals surface area contributed by atoms with Crippen molar-refractivity contribution in [3.05, 3.63) is 63.1 Å². The van der Waals surface area contributed by atoms with Crippen LogP contribution in [0.2, 0.25) is 5.02 Å². The molecule has 5 heteroatoms. The van der Waals surface area contributed by atoms with Crippen LogP contribution in [0.5, 0.6) is 0 Å². The molecule has 0 spiro atoms. The number of rotatable bonds is 2. The molecule has 3 nitrogen and oxygen atoms in total. The van der Waals surface area contributed by atoms with Crippen LogP contribution in [0.3, 0.4) is 0 Å². The van der Waals surface area contributed by atoms with E-state index in [4.69, 9.17) is 11.6 Å². The van der Waals surface area contributed by atoms with Crippen LogP contribution >= 0.6 is 27.5 Å². The lowest BCUT2D eigenvalue weighted by molar-refractivity contribution is -0.118. The van der Waals surface area contributed by atoms with Gasteiger partial charge in [-0.3, -0.25) is 4.79 Å². The normalized spacial score (nSPS) is 17.1. The maximum Gasteiger partial charge on any atom is 0.241 e. The summed E-state index contributed by atoms with van der Waals surface area (Å²) in [5.74, 6) is -0.0486. The van der Waals surface area contributed by atoms with Gasteiger partial charge in [-0.25, -0.2) is 0 Å². The van der Waals surface area contributed by atoms with Gasteiger partial charge in [0.1, 0.15) is 0 Å². The summed E-state index contributed by atoms with van der Waals surface area (Å²) in [5, 5.41) is 6.77. The van der Waals surface area contributed by atoms with Crippen LogP contribution in [0, 0.1) is 0 Å². The SMILES string of the molecule is O=C(Nc1cccc(Cl)c1Br)[C@@H]1Cc2ccccc2CN1. The number of carbonyl (C=O) groups excluding carboxylic acids is 1. The molecule has 0 saturated carbocycles. The van der Waals surface area contributed by atoms with Crippen molar-refractivity contribution in [3.63, 3.8) is 0 Å². The average molecular weight is 366 g/mol. The quantitative estimate of drug-likeness (QED) is 0.851. The van der Waals surface area contributed by atoms with Crippen LogP contribution in [0.15, 0.2) is 46.9 Å². The highest BCUT2D eigenvalue weighted by Gasteiger charge is 2.24. The van der Waals surface area contributed by atoms with Crippen molar-refractivity contribution in [2.75, 3.05) is 5.32 Å². The summed E-state index contributed by atoms with van der Waals surface area (Å²) in [6.45, 7) is 0.713. The van der Waals surface area contributed by atoms with Gasteiger partial charge in [-0.1, -0.05) is 41.9 Å². The topological polar surface area (TPSA) is 41.1 Å². The number of fused-ring (bicyclic) bond motifs is 1. The zero-order valence-electron chi connectivity index (χ0n) is 11.2. The highest BCUT2D eigenvalue weighted by Crippen LogP contribution is 2.30. The van der Waals surface area contributed by atoms with Gasteiger partial charge in [0, 0.05) is 6.54 Å². The number of anilines is 1. The van der Waals surface area contributed by atoms with Gasteiger partial charge in [0.2, 0.25) is 5.91 Å². The third-order valence-corrected chi connectivity index (χ3v) is 5.00. The van der Waals surface area contributed by atoms with Crippen molar-refractivity contribution in [1.29, 1.82) is 0 Å². The maximum atomic E-state index is 12.4. The first kappa shape index (κ1) is 14.6. The minimum atomic E-state index is -0.231. The Morgan fingerprint density at radius 1 is 1.19 bits per heavy atom. The third-order valence-electron chi connectivity index (χ3n) is 3.61. The molecule has 1 aliphatic rings. The van der Waals surface area contributed by atoms with E-state index in [1.165, 1.54) is 11.1 Å². The summed E-state index contributed by atoms with van der Waals surface area (Å²) in [7, 11) is 0. The Balaban J connectivity index is 1.74. The van der Waals surface area contributed by atoms with E-state index in [0.29, 0.717) is 28.1 Å². The number of nitrogens with one attached hydrogen (secondary N) is 2. The molecule has 0 aliphatic carbocycles. The first-order chi connectivity index (χ1) is 10.1. The van der Waals surface area contributed by atoms with E-state index in [0.717, 1.165) is 0 Å². The number of hydrogen-bond donors (Lipinski definition) is 2. The maximum absolute atomic E-state index is 12.4. The molecule has 2 aromatic carbocycles. The van der Waals surface area contributed by atoms with E-state index < -0.39 is 0 Å². The number of hydrogen-bond acceptors (Lipinski definition) is 2. The van der Waals surface area contributed by atoms with E-state index >= 15 is 0 Å². The van der Waals surface area contributed by atoms with Crippen molar-refractivity contribution < 1.29 is 4.79 Å². The van der Waals surface area contributed by atoms with Crippen molar-refractivity contribution in [3.8, 4) is 0 Å². The Bertz CT molecular complexity index is 690. The molecule has 2 aromatic rings. The Labute approximate surface area is 136 Å². The minimum absolute atomic E-state index is 0.0486. The van der Waals surface area contributed by atoms with Crippen molar-refractivity contribution in [1.82, 2.24) is 5.32 Å². The van der Waals surface area contributed by atoms with Gasteiger partial charge in [0.15, 0.2) is 0 Å². The predicted octanol–water partition coefficient (Wildman–Crippen LogP) is 3.76. The van der Waals surface area contributed by atoms with Crippen LogP contribution in [0.1, 0.15) is 11.1 Å². The number of carbonyl (C=O) groups is 1. The van der Waals surface area contributed by atoms with Crippen LogP contribution < -0.4 is 10.6 Å². The number of benzene rings is 2. The average Bonchev–Trinajstić information content (AvgIpc) is 2.51. The lowest BCUT2D eigenvalue weighted by atomic mass is 9.95. The molecule has 108 valence electrons. The van der Waals surface area contributed by atoms with Crippen LogP contribution in [0.25, 0.3) is 0 Å². The predicted molar refractivity (Wildman–Crippen MR) is 88.6 cm³/mol. The van der Waals surface area contributed by atoms with Crippen LogP contribution in [0.4, 0.5) is 5.69 Å². The fourth-order valence-electron chi connectivity index (χ4n) is 2.46. The monoisotopic (exact) mass is 364 g/mol. The molecule has 0 aromatic heterocycles. The lowest BCUT2D eigenvalue weighted by Gasteiger charge is -2.25. The molecule has 21 heavy (non-hydrogen) atoms. The summed E-state index contributed by atoms with van der Waals surface area (Å²) in [4.78, 5) is 12.4. The minimum Gasteiger partial charge on any atom is -0.324 e. The second-order valence-corrected chi connectivity index (χ2v) is 6.20. The molecule has 3 rings (SSSR count). The van der Waals surface area contributed by atoms with Gasteiger partial charge in [-0.15, -0.1) is 0 Å². The largest absolute Gasteiger partial charge is 0.324 e. The second kappa shape index (κ2) is 6.18. The Morgan fingerprint density at radius 3 is 2.76 bits per heavy atom. The summed E-state index contributed by atoms with van der Waals surface area (Å²) in [6.07, 6.45) is 0.695. The zero-order valence-corrected chi connectivity index (χ0v) is 13.5. The number of halogens is 2. The fraction of sp³-hybridized carbons (Fsp3) is 0.188. The summed E-state index contributed by atoms with van der Waals surface area (Å²) >= 11 is 9.43. The highest BCUT2D eigenvalue weighted by molar-refractivity contribution is 9.10. The fourth-order valence-corrected chi connectivity index (χ4v) is 3.00. The molecule has 1 amide bonds. The zero-order chi connectivity index (χ0) is 14.8. The molecule has 0 bridgehead atoms. The van der Waals surface area contributed by atoms with Crippen LogP contribution in [-0.2, 0) is 17.8 Å². The summed E-state index contributed by atoms with van der Waals surface area (Å²) in [6, 6.07) is 13.4. The Morgan fingerprint density at radius 2 is 1.95 bits per heavy atom. The Hall–Kier alpha value is -1.36. The molecule has 0 unspecified atom stereocenters. The third kappa shape index (κ3) is 3.12. The second-order valence-electron chi connectivity index (χ2n) is 5.00. The molecule has 0 radical (unpaired) electrons. The van der Waals surface area contributed by atoms with E-state index in [1.54, 1.807) is 6.07 Å². The molecule has 0 saturated heterocycles. The lowest BCUT2D eigenvalue weighted by Crippen LogP contribution is -2.44. The van der Waals surface area contributed by atoms with Gasteiger partial charge in [0.05, 0.1) is 21.2 Å². The summed E-state index contributed by atoms with van der Waals surface area (Å²) < 4.78 is 0.705. The first-order valence-electron chi connectivity index (χ1n) is 6.70. The molecule has 1 atom stereocenters. The van der Waals surface area contributed by atoms with E-state index in [2.05, 4.69) is 38.7 Å². The van der Waals surface area contributed by atoms with Crippen LogP contribution in [-0.4, -0.2) is 11.9 Å². The molecular weight excluding hydrogens is 352 g/mol. The standard InChI is InChI=1S/C16H14BrClN2O/c17-15-12(18)6-3-7-13(15)20-16(21)14-8-10-4-1-2-5-11(10)9-19-14/h1-7,14,19H,8-9H2,(H,20,21)/t14-/m0/s1. The Kier molecular flexibility index (Phi) is 4.29. The molecule has 1 heterocycles. The van der Waals surface area contributed by atoms with Crippen molar-refractivity contribution in [2.24, 2.45) is 0 Å². The summed E-state index contributed by atoms with van der Waals surface area (Å²) in [5.41, 5.74) is 3.17.